The van der Waals surface area contributed by atoms with Crippen LogP contribution in [0.1, 0.15) is 16.1 Å². The quantitative estimate of drug-likeness (QED) is 0.415. The van der Waals surface area contributed by atoms with E-state index in [9.17, 15) is 19.2 Å². The Bertz CT molecular complexity index is 1550. The Hall–Kier alpha value is -4.15. The molecule has 2 aromatic carbocycles. The van der Waals surface area contributed by atoms with Crippen LogP contribution in [0.4, 0.5) is 0 Å². The van der Waals surface area contributed by atoms with Crippen molar-refractivity contribution in [3.63, 3.8) is 0 Å². The van der Waals surface area contributed by atoms with Gasteiger partial charge in [-0.05, 0) is 23.8 Å². The number of carboxylic acids is 1. The maximum absolute atomic E-state index is 12.2. The summed E-state index contributed by atoms with van der Waals surface area (Å²) in [4.78, 5) is 49.0. The Morgan fingerprint density at radius 1 is 1.03 bits per heavy atom. The number of pyridine rings is 1. The highest BCUT2D eigenvalue weighted by Gasteiger charge is 2.18. The molecule has 2 N–H and O–H groups in total. The molecule has 0 aliphatic heterocycles. The molecule has 0 aliphatic rings. The first-order valence-corrected chi connectivity index (χ1v) is 10.4. The van der Waals surface area contributed by atoms with Crippen molar-refractivity contribution in [3.8, 4) is 17.2 Å². The predicted molar refractivity (Wildman–Crippen MR) is 124 cm³/mol. The molecule has 4 aromatic rings. The Kier molecular flexibility index (Phi) is 6.35. The number of ether oxygens (including phenoxy) is 1. The number of carboxylic acid groups (broad SMARTS) is 1. The van der Waals surface area contributed by atoms with Gasteiger partial charge in [-0.1, -0.05) is 53.5 Å². The smallest absolute Gasteiger partial charge is 0.362 e. The summed E-state index contributed by atoms with van der Waals surface area (Å²) in [5, 5.41) is 12.6. The third-order valence-corrected chi connectivity index (χ3v) is 5.19. The number of hydrogen-bond donors (Lipinski definition) is 2. The lowest BCUT2D eigenvalue weighted by atomic mass is 10.2. The summed E-state index contributed by atoms with van der Waals surface area (Å²) < 4.78 is 7.89. The average molecular weight is 501 g/mol. The molecule has 0 unspecified atom stereocenters. The van der Waals surface area contributed by atoms with Gasteiger partial charge in [-0.3, -0.25) is 14.6 Å². The molecule has 12 heteroatoms. The van der Waals surface area contributed by atoms with Gasteiger partial charge in [0.05, 0.1) is 28.5 Å². The highest BCUT2D eigenvalue weighted by atomic mass is 35.5. The van der Waals surface area contributed by atoms with Gasteiger partial charge >= 0.3 is 11.7 Å². The fraction of sp³-hybridized carbons (Fsp3) is 0.0455. The van der Waals surface area contributed by atoms with Gasteiger partial charge < -0.3 is 14.4 Å². The number of benzene rings is 2. The SMILES string of the molecule is O=C(O)c1nn(-c2cc(Cl)c(Oc3ccc(=O)n(Cc4ccccc4)c3)c(Cl)c2)c(=O)[nH]c1=O. The van der Waals surface area contributed by atoms with Crippen LogP contribution in [-0.2, 0) is 6.54 Å². The van der Waals surface area contributed by atoms with Crippen LogP contribution in [0.3, 0.4) is 0 Å². The van der Waals surface area contributed by atoms with E-state index in [-0.39, 0.29) is 32.8 Å². The van der Waals surface area contributed by atoms with E-state index in [1.54, 1.807) is 0 Å². The Labute approximate surface area is 200 Å². The number of halogens is 2. The summed E-state index contributed by atoms with van der Waals surface area (Å²) >= 11 is 12.6. The number of aromatic carboxylic acids is 1. The van der Waals surface area contributed by atoms with Crippen LogP contribution < -0.4 is 21.5 Å². The molecule has 0 saturated heterocycles. The highest BCUT2D eigenvalue weighted by Crippen LogP contribution is 2.37. The first-order valence-electron chi connectivity index (χ1n) is 9.61. The van der Waals surface area contributed by atoms with Gasteiger partial charge in [-0.25, -0.2) is 9.59 Å². The predicted octanol–water partition coefficient (Wildman–Crippen LogP) is 2.93. The van der Waals surface area contributed by atoms with Gasteiger partial charge in [0.15, 0.2) is 5.75 Å². The fourth-order valence-corrected chi connectivity index (χ4v) is 3.63. The third kappa shape index (κ3) is 4.77. The average Bonchev–Trinajstić information content (AvgIpc) is 2.78. The van der Waals surface area contributed by atoms with Crippen molar-refractivity contribution in [1.29, 1.82) is 0 Å². The molecular weight excluding hydrogens is 487 g/mol. The monoisotopic (exact) mass is 500 g/mol. The lowest BCUT2D eigenvalue weighted by molar-refractivity contribution is 0.0685. The van der Waals surface area contributed by atoms with E-state index < -0.39 is 22.9 Å². The number of hydrogen-bond acceptors (Lipinski definition) is 6. The summed E-state index contributed by atoms with van der Waals surface area (Å²) in [6, 6.07) is 14.7. The van der Waals surface area contributed by atoms with Crippen molar-refractivity contribution in [2.24, 2.45) is 0 Å². The topological polar surface area (TPSA) is 136 Å². The standard InChI is InChI=1S/C22H14Cl2N4O6/c23-15-8-13(28-22(33)25-20(30)18(26-28)21(31)32)9-16(24)19(15)34-14-6-7-17(29)27(11-14)10-12-4-2-1-3-5-12/h1-9,11H,10H2,(H,31,32)(H,25,30,33). The summed E-state index contributed by atoms with van der Waals surface area (Å²) in [5.41, 5.74) is -2.32. The zero-order valence-corrected chi connectivity index (χ0v) is 18.6. The number of H-pyrrole nitrogens is 1. The van der Waals surface area contributed by atoms with Gasteiger partial charge in [0.1, 0.15) is 5.75 Å². The second kappa shape index (κ2) is 9.38. The molecule has 0 atom stereocenters. The lowest BCUT2D eigenvalue weighted by Crippen LogP contribution is -2.35. The van der Waals surface area contributed by atoms with Crippen molar-refractivity contribution < 1.29 is 14.6 Å². The lowest BCUT2D eigenvalue weighted by Gasteiger charge is -2.13. The molecule has 172 valence electrons. The Morgan fingerprint density at radius 3 is 2.35 bits per heavy atom. The van der Waals surface area contributed by atoms with Crippen LogP contribution in [0.25, 0.3) is 5.69 Å². The normalized spacial score (nSPS) is 10.8. The molecule has 0 fully saturated rings. The van der Waals surface area contributed by atoms with Crippen molar-refractivity contribution in [1.82, 2.24) is 19.3 Å². The van der Waals surface area contributed by atoms with Crippen LogP contribution in [0.15, 0.2) is 75.2 Å². The molecule has 0 bridgehead atoms. The van der Waals surface area contributed by atoms with Crippen LogP contribution >= 0.6 is 23.2 Å². The van der Waals surface area contributed by atoms with Crippen molar-refractivity contribution in [2.75, 3.05) is 0 Å². The van der Waals surface area contributed by atoms with Crippen LogP contribution in [0.2, 0.25) is 10.0 Å². The molecule has 0 amide bonds. The minimum Gasteiger partial charge on any atom is -0.476 e. The Balaban J connectivity index is 1.68. The minimum atomic E-state index is -1.61. The van der Waals surface area contributed by atoms with Gasteiger partial charge in [0.25, 0.3) is 11.1 Å². The molecular formula is C22H14Cl2N4O6. The summed E-state index contributed by atoms with van der Waals surface area (Å²) in [7, 11) is 0. The van der Waals surface area contributed by atoms with Gasteiger partial charge in [0, 0.05) is 6.07 Å². The molecule has 0 radical (unpaired) electrons. The minimum absolute atomic E-state index is 0.000137. The largest absolute Gasteiger partial charge is 0.476 e. The molecule has 2 aromatic heterocycles. The van der Waals surface area contributed by atoms with E-state index in [1.165, 1.54) is 35.0 Å². The number of aromatic nitrogens is 4. The first-order chi connectivity index (χ1) is 16.2. The van der Waals surface area contributed by atoms with Gasteiger partial charge in [-0.2, -0.15) is 9.78 Å². The zero-order chi connectivity index (χ0) is 24.4. The molecule has 0 aliphatic carbocycles. The number of aromatic amines is 1. The number of rotatable bonds is 6. The molecule has 2 heterocycles. The summed E-state index contributed by atoms with van der Waals surface area (Å²) in [6.45, 7) is 0.323. The second-order valence-corrected chi connectivity index (χ2v) is 7.80. The molecule has 0 saturated carbocycles. The van der Waals surface area contributed by atoms with Crippen molar-refractivity contribution >= 4 is 29.2 Å². The van der Waals surface area contributed by atoms with Crippen molar-refractivity contribution in [3.05, 3.63) is 113 Å². The first kappa shape index (κ1) is 23.0. The maximum Gasteiger partial charge on any atom is 0.362 e. The number of nitrogens with zero attached hydrogens (tertiary/aromatic N) is 3. The van der Waals surface area contributed by atoms with E-state index >= 15 is 0 Å². The van der Waals surface area contributed by atoms with E-state index in [0.29, 0.717) is 11.2 Å². The third-order valence-electron chi connectivity index (χ3n) is 4.63. The number of nitrogens with one attached hydrogen (secondary N) is 1. The summed E-state index contributed by atoms with van der Waals surface area (Å²) in [5.74, 6) is -1.30. The van der Waals surface area contributed by atoms with E-state index in [2.05, 4.69) is 5.10 Å². The fourth-order valence-electron chi connectivity index (χ4n) is 3.07. The van der Waals surface area contributed by atoms with Crippen LogP contribution in [0, 0.1) is 0 Å². The molecule has 0 spiro atoms. The number of carbonyl (C=O) groups is 1. The second-order valence-electron chi connectivity index (χ2n) is 6.98. The maximum atomic E-state index is 12.2. The summed E-state index contributed by atoms with van der Waals surface area (Å²) in [6.07, 6.45) is 1.50. The molecule has 4 rings (SSSR count). The van der Waals surface area contributed by atoms with E-state index in [1.807, 2.05) is 35.3 Å². The van der Waals surface area contributed by atoms with Crippen molar-refractivity contribution in [2.45, 2.75) is 6.54 Å². The highest BCUT2D eigenvalue weighted by molar-refractivity contribution is 6.37. The van der Waals surface area contributed by atoms with E-state index in [4.69, 9.17) is 33.0 Å². The van der Waals surface area contributed by atoms with Crippen LogP contribution in [0.5, 0.6) is 11.5 Å². The molecule has 10 nitrogen and oxygen atoms in total. The zero-order valence-electron chi connectivity index (χ0n) is 17.1. The van der Waals surface area contributed by atoms with E-state index in [0.717, 1.165) is 5.56 Å². The van der Waals surface area contributed by atoms with Crippen LogP contribution in [-0.4, -0.2) is 30.4 Å². The van der Waals surface area contributed by atoms with Gasteiger partial charge in [0.2, 0.25) is 5.69 Å². The molecule has 34 heavy (non-hydrogen) atoms. The Morgan fingerprint density at radius 2 is 1.71 bits per heavy atom. The van der Waals surface area contributed by atoms with Gasteiger partial charge in [-0.15, -0.1) is 0 Å².